The van der Waals surface area contributed by atoms with E-state index in [9.17, 15) is 0 Å². The van der Waals surface area contributed by atoms with Gasteiger partial charge in [-0.15, -0.1) is 0 Å². The predicted molar refractivity (Wildman–Crippen MR) is 82.3 cm³/mol. The molecule has 0 amide bonds. The maximum Gasteiger partial charge on any atom is 0.142 e. The van der Waals surface area contributed by atoms with Crippen molar-refractivity contribution in [3.05, 3.63) is 64.2 Å². The molecule has 1 atom stereocenters. The summed E-state index contributed by atoms with van der Waals surface area (Å²) in [7, 11) is 0. The number of hydrogen-bond acceptors (Lipinski definition) is 2. The molecule has 0 bridgehead atoms. The molecule has 0 spiro atoms. The fourth-order valence-electron chi connectivity index (χ4n) is 2.55. The van der Waals surface area contributed by atoms with Gasteiger partial charge in [-0.1, -0.05) is 53.6 Å². The summed E-state index contributed by atoms with van der Waals surface area (Å²) in [5.74, 6) is 0.835. The Morgan fingerprint density at radius 3 is 2.80 bits per heavy atom. The van der Waals surface area contributed by atoms with E-state index in [4.69, 9.17) is 16.3 Å². The SMILES string of the molecule is Cc1ccc(CNC2CCOc3c(Cl)cccc32)cc1. The average molecular weight is 288 g/mol. The molecule has 1 aliphatic rings. The summed E-state index contributed by atoms with van der Waals surface area (Å²) in [4.78, 5) is 0. The minimum atomic E-state index is 0.304. The van der Waals surface area contributed by atoms with Gasteiger partial charge in [0.05, 0.1) is 11.6 Å². The number of rotatable bonds is 3. The molecule has 1 N–H and O–H groups in total. The Hall–Kier alpha value is -1.51. The van der Waals surface area contributed by atoms with E-state index in [2.05, 4.69) is 42.6 Å². The highest BCUT2D eigenvalue weighted by Gasteiger charge is 2.22. The van der Waals surface area contributed by atoms with Gasteiger partial charge < -0.3 is 10.1 Å². The molecule has 3 rings (SSSR count). The maximum absolute atomic E-state index is 6.19. The van der Waals surface area contributed by atoms with Crippen LogP contribution in [0.1, 0.15) is 29.2 Å². The van der Waals surface area contributed by atoms with E-state index < -0.39 is 0 Å². The largest absolute Gasteiger partial charge is 0.492 e. The summed E-state index contributed by atoms with van der Waals surface area (Å²) in [6, 6.07) is 14.9. The minimum Gasteiger partial charge on any atom is -0.492 e. The summed E-state index contributed by atoms with van der Waals surface area (Å²) in [6.07, 6.45) is 0.971. The van der Waals surface area contributed by atoms with Crippen molar-refractivity contribution in [3.8, 4) is 5.75 Å². The molecule has 0 radical (unpaired) electrons. The van der Waals surface area contributed by atoms with Crippen molar-refractivity contribution in [2.45, 2.75) is 25.9 Å². The van der Waals surface area contributed by atoms with Crippen LogP contribution in [0.3, 0.4) is 0 Å². The molecule has 0 saturated carbocycles. The molecule has 20 heavy (non-hydrogen) atoms. The summed E-state index contributed by atoms with van der Waals surface area (Å²) >= 11 is 6.19. The molecular weight excluding hydrogens is 270 g/mol. The molecule has 0 fully saturated rings. The first kappa shape index (κ1) is 13.5. The Morgan fingerprint density at radius 2 is 2.00 bits per heavy atom. The highest BCUT2D eigenvalue weighted by Crippen LogP contribution is 2.37. The quantitative estimate of drug-likeness (QED) is 0.911. The molecule has 2 nitrogen and oxygen atoms in total. The first-order valence-electron chi connectivity index (χ1n) is 6.94. The van der Waals surface area contributed by atoms with Crippen LogP contribution in [0.2, 0.25) is 5.02 Å². The van der Waals surface area contributed by atoms with Crippen LogP contribution in [0, 0.1) is 6.92 Å². The lowest BCUT2D eigenvalue weighted by Crippen LogP contribution is -2.26. The van der Waals surface area contributed by atoms with E-state index in [1.807, 2.05) is 12.1 Å². The Bertz CT molecular complexity index is 594. The van der Waals surface area contributed by atoms with Crippen LogP contribution < -0.4 is 10.1 Å². The van der Waals surface area contributed by atoms with E-state index in [1.165, 1.54) is 11.1 Å². The van der Waals surface area contributed by atoms with Crippen molar-refractivity contribution in [2.75, 3.05) is 6.61 Å². The summed E-state index contributed by atoms with van der Waals surface area (Å²) in [5.41, 5.74) is 3.75. The molecular formula is C17H18ClNO. The molecule has 0 saturated heterocycles. The third kappa shape index (κ3) is 2.82. The van der Waals surface area contributed by atoms with Gasteiger partial charge >= 0.3 is 0 Å². The molecule has 0 aromatic heterocycles. The van der Waals surface area contributed by atoms with E-state index in [0.29, 0.717) is 17.7 Å². The second-order valence-electron chi connectivity index (χ2n) is 5.21. The second-order valence-corrected chi connectivity index (χ2v) is 5.62. The topological polar surface area (TPSA) is 21.3 Å². The van der Waals surface area contributed by atoms with Gasteiger partial charge in [-0.25, -0.2) is 0 Å². The van der Waals surface area contributed by atoms with E-state index in [1.54, 1.807) is 0 Å². The summed E-state index contributed by atoms with van der Waals surface area (Å²) in [5, 5.41) is 4.30. The van der Waals surface area contributed by atoms with Crippen molar-refractivity contribution in [1.82, 2.24) is 5.32 Å². The van der Waals surface area contributed by atoms with Gasteiger partial charge in [0.25, 0.3) is 0 Å². The summed E-state index contributed by atoms with van der Waals surface area (Å²) in [6.45, 7) is 3.67. The zero-order valence-electron chi connectivity index (χ0n) is 11.5. The zero-order chi connectivity index (χ0) is 13.9. The van der Waals surface area contributed by atoms with Crippen molar-refractivity contribution in [3.63, 3.8) is 0 Å². The molecule has 1 aliphatic heterocycles. The fraction of sp³-hybridized carbons (Fsp3) is 0.294. The van der Waals surface area contributed by atoms with Gasteiger partial charge in [-0.2, -0.15) is 0 Å². The molecule has 3 heteroatoms. The van der Waals surface area contributed by atoms with Gasteiger partial charge in [0, 0.05) is 24.6 Å². The average Bonchev–Trinajstić information content (AvgIpc) is 2.47. The minimum absolute atomic E-state index is 0.304. The van der Waals surface area contributed by atoms with Crippen molar-refractivity contribution in [2.24, 2.45) is 0 Å². The van der Waals surface area contributed by atoms with Gasteiger partial charge in [0.15, 0.2) is 0 Å². The smallest absolute Gasteiger partial charge is 0.142 e. The van der Waals surface area contributed by atoms with E-state index in [0.717, 1.165) is 24.3 Å². The number of nitrogens with one attached hydrogen (secondary N) is 1. The van der Waals surface area contributed by atoms with Crippen molar-refractivity contribution >= 4 is 11.6 Å². The number of halogens is 1. The third-order valence-electron chi connectivity index (χ3n) is 3.70. The lowest BCUT2D eigenvalue weighted by molar-refractivity contribution is 0.252. The zero-order valence-corrected chi connectivity index (χ0v) is 12.3. The normalized spacial score (nSPS) is 17.4. The first-order valence-corrected chi connectivity index (χ1v) is 7.32. The summed E-state index contributed by atoms with van der Waals surface area (Å²) < 4.78 is 5.68. The number of aryl methyl sites for hydroxylation is 1. The Labute approximate surface area is 124 Å². The number of para-hydroxylation sites is 1. The van der Waals surface area contributed by atoms with Crippen LogP contribution in [0.5, 0.6) is 5.75 Å². The number of benzene rings is 2. The monoisotopic (exact) mass is 287 g/mol. The lowest BCUT2D eigenvalue weighted by atomic mass is 10.00. The van der Waals surface area contributed by atoms with Gasteiger partial charge in [-0.05, 0) is 18.6 Å². The second kappa shape index (κ2) is 5.86. The number of fused-ring (bicyclic) bond motifs is 1. The highest BCUT2D eigenvalue weighted by molar-refractivity contribution is 6.32. The predicted octanol–water partition coefficient (Wildman–Crippen LogP) is 4.26. The standard InChI is InChI=1S/C17H18ClNO/c1-12-5-7-13(8-6-12)11-19-16-9-10-20-17-14(16)3-2-4-15(17)18/h2-8,16,19H,9-11H2,1H3. The molecule has 2 aromatic rings. The molecule has 1 heterocycles. The van der Waals surface area contributed by atoms with Crippen LogP contribution in [0.4, 0.5) is 0 Å². The van der Waals surface area contributed by atoms with Gasteiger partial charge in [0.1, 0.15) is 5.75 Å². The molecule has 1 unspecified atom stereocenters. The molecule has 2 aromatic carbocycles. The first-order chi connectivity index (χ1) is 9.74. The van der Waals surface area contributed by atoms with E-state index in [-0.39, 0.29) is 0 Å². The van der Waals surface area contributed by atoms with Crippen LogP contribution >= 0.6 is 11.6 Å². The Balaban J connectivity index is 1.73. The number of ether oxygens (including phenoxy) is 1. The number of hydrogen-bond donors (Lipinski definition) is 1. The fourth-order valence-corrected chi connectivity index (χ4v) is 2.78. The van der Waals surface area contributed by atoms with Crippen LogP contribution in [0.15, 0.2) is 42.5 Å². The van der Waals surface area contributed by atoms with Crippen LogP contribution in [-0.2, 0) is 6.54 Å². The van der Waals surface area contributed by atoms with Gasteiger partial charge in [-0.3, -0.25) is 0 Å². The maximum atomic E-state index is 6.19. The molecule has 104 valence electrons. The van der Waals surface area contributed by atoms with Gasteiger partial charge in [0.2, 0.25) is 0 Å². The Morgan fingerprint density at radius 1 is 1.20 bits per heavy atom. The van der Waals surface area contributed by atoms with E-state index >= 15 is 0 Å². The third-order valence-corrected chi connectivity index (χ3v) is 4.00. The van der Waals surface area contributed by atoms with Crippen LogP contribution in [0.25, 0.3) is 0 Å². The molecule has 0 aliphatic carbocycles. The lowest BCUT2D eigenvalue weighted by Gasteiger charge is -2.27. The van der Waals surface area contributed by atoms with Crippen molar-refractivity contribution in [1.29, 1.82) is 0 Å². The van der Waals surface area contributed by atoms with Crippen molar-refractivity contribution < 1.29 is 4.74 Å². The Kier molecular flexibility index (Phi) is 3.95. The highest BCUT2D eigenvalue weighted by atomic mass is 35.5. The van der Waals surface area contributed by atoms with Crippen LogP contribution in [-0.4, -0.2) is 6.61 Å².